The first-order valence-electron chi connectivity index (χ1n) is 4.63. The van der Waals surface area contributed by atoms with Crippen molar-refractivity contribution in [2.75, 3.05) is 19.8 Å². The number of rotatable bonds is 4. The number of ether oxygens (including phenoxy) is 2. The predicted molar refractivity (Wildman–Crippen MR) is 51.3 cm³/mol. The van der Waals surface area contributed by atoms with Crippen LogP contribution in [0.25, 0.3) is 0 Å². The lowest BCUT2D eigenvalue weighted by Gasteiger charge is -2.06. The number of carbonyl (C=O) groups is 3. The summed E-state index contributed by atoms with van der Waals surface area (Å²) in [5, 5.41) is 2.11. The summed E-state index contributed by atoms with van der Waals surface area (Å²) in [4.78, 5) is 36.5. The van der Waals surface area contributed by atoms with Crippen LogP contribution in [0.2, 0.25) is 0 Å². The third kappa shape index (κ3) is 7.42. The highest BCUT2D eigenvalue weighted by atomic mass is 16.7. The van der Waals surface area contributed by atoms with Gasteiger partial charge in [0.05, 0.1) is 13.2 Å². The van der Waals surface area contributed by atoms with Gasteiger partial charge in [0.2, 0.25) is 0 Å². The van der Waals surface area contributed by atoms with Crippen LogP contribution in [-0.4, -0.2) is 37.9 Å². The van der Waals surface area contributed by atoms with Crippen LogP contribution in [0.1, 0.15) is 13.8 Å². The molecule has 2 N–H and O–H groups in total. The molecule has 0 aliphatic heterocycles. The van der Waals surface area contributed by atoms with Gasteiger partial charge in [-0.25, -0.2) is 14.4 Å². The van der Waals surface area contributed by atoms with Crippen LogP contribution in [0, 0.1) is 0 Å². The molecule has 0 aromatic carbocycles. The summed E-state index contributed by atoms with van der Waals surface area (Å²) in [6.07, 6.45) is -1.62. The van der Waals surface area contributed by atoms with E-state index in [2.05, 4.69) is 19.6 Å². The molecule has 0 aromatic rings. The third-order valence-corrected chi connectivity index (χ3v) is 1.18. The number of nitrogens with one attached hydrogen (secondary N) is 2. The summed E-state index contributed by atoms with van der Waals surface area (Å²) in [7, 11) is 0. The van der Waals surface area contributed by atoms with Crippen LogP contribution >= 0.6 is 0 Å². The Morgan fingerprint density at radius 1 is 1.00 bits per heavy atom. The Morgan fingerprint density at radius 2 is 1.56 bits per heavy atom. The van der Waals surface area contributed by atoms with Crippen molar-refractivity contribution >= 4 is 18.2 Å². The molecule has 0 rings (SSSR count). The van der Waals surface area contributed by atoms with Crippen LogP contribution in [0.4, 0.5) is 9.59 Å². The Labute approximate surface area is 92.2 Å². The van der Waals surface area contributed by atoms with Crippen LogP contribution in [0.5, 0.6) is 0 Å². The zero-order chi connectivity index (χ0) is 12.4. The largest absolute Gasteiger partial charge is 0.450 e. The van der Waals surface area contributed by atoms with Crippen LogP contribution < -0.4 is 10.8 Å². The van der Waals surface area contributed by atoms with E-state index in [0.717, 1.165) is 0 Å². The highest BCUT2D eigenvalue weighted by Crippen LogP contribution is 1.80. The minimum Gasteiger partial charge on any atom is -0.450 e. The monoisotopic (exact) mass is 234 g/mol. The third-order valence-electron chi connectivity index (χ3n) is 1.18. The topological polar surface area (TPSA) is 103 Å². The first-order chi connectivity index (χ1) is 7.60. The van der Waals surface area contributed by atoms with Gasteiger partial charge in [0.1, 0.15) is 6.54 Å². The van der Waals surface area contributed by atoms with Crippen molar-refractivity contribution in [3.8, 4) is 0 Å². The average molecular weight is 234 g/mol. The summed E-state index contributed by atoms with van der Waals surface area (Å²) >= 11 is 0. The molecule has 0 saturated heterocycles. The van der Waals surface area contributed by atoms with Gasteiger partial charge in [-0.3, -0.25) is 0 Å². The van der Waals surface area contributed by atoms with Crippen molar-refractivity contribution in [2.45, 2.75) is 13.8 Å². The molecule has 0 heterocycles. The molecule has 0 aliphatic rings. The molecule has 0 spiro atoms. The maximum atomic E-state index is 10.9. The van der Waals surface area contributed by atoms with Gasteiger partial charge in [-0.1, -0.05) is 0 Å². The first kappa shape index (κ1) is 14.0. The molecule has 0 radical (unpaired) electrons. The van der Waals surface area contributed by atoms with E-state index in [9.17, 15) is 14.4 Å². The lowest BCUT2D eigenvalue weighted by molar-refractivity contribution is -0.148. The van der Waals surface area contributed by atoms with Gasteiger partial charge in [0, 0.05) is 0 Å². The van der Waals surface area contributed by atoms with E-state index in [4.69, 9.17) is 0 Å². The number of hydrogen-bond donors (Lipinski definition) is 2. The minimum absolute atomic E-state index is 0.157. The molecule has 8 heteroatoms. The van der Waals surface area contributed by atoms with E-state index in [1.54, 1.807) is 19.3 Å². The quantitative estimate of drug-likeness (QED) is 0.521. The Morgan fingerprint density at radius 3 is 2.12 bits per heavy atom. The van der Waals surface area contributed by atoms with Crippen molar-refractivity contribution < 1.29 is 28.7 Å². The van der Waals surface area contributed by atoms with Gasteiger partial charge >= 0.3 is 18.2 Å². The Kier molecular flexibility index (Phi) is 7.29. The number of carbonyl (C=O) groups excluding carboxylic acids is 3. The lowest BCUT2D eigenvalue weighted by Crippen LogP contribution is -2.35. The van der Waals surface area contributed by atoms with Gasteiger partial charge in [0.15, 0.2) is 0 Å². The van der Waals surface area contributed by atoms with E-state index in [0.29, 0.717) is 0 Å². The second-order valence-corrected chi connectivity index (χ2v) is 2.37. The number of hydrogen-bond acceptors (Lipinski definition) is 6. The van der Waals surface area contributed by atoms with E-state index < -0.39 is 24.7 Å². The highest BCUT2D eigenvalue weighted by Gasteiger charge is 2.09. The molecular formula is C8H14N2O6. The lowest BCUT2D eigenvalue weighted by atomic mass is 10.6. The maximum Gasteiger partial charge on any atom is 0.440 e. The second-order valence-electron chi connectivity index (χ2n) is 2.37. The Hall–Kier alpha value is -1.99. The fourth-order valence-electron chi connectivity index (χ4n) is 0.622. The molecule has 16 heavy (non-hydrogen) atoms. The van der Waals surface area contributed by atoms with Crippen molar-refractivity contribution in [3.05, 3.63) is 0 Å². The second kappa shape index (κ2) is 8.33. The van der Waals surface area contributed by atoms with Crippen LogP contribution in [0.15, 0.2) is 0 Å². The molecule has 8 nitrogen and oxygen atoms in total. The average Bonchev–Trinajstić information content (AvgIpc) is 2.24. The molecule has 0 aliphatic carbocycles. The zero-order valence-electron chi connectivity index (χ0n) is 9.07. The zero-order valence-corrected chi connectivity index (χ0v) is 9.07. The summed E-state index contributed by atoms with van der Waals surface area (Å²) in [5.74, 6) is -0.846. The van der Waals surface area contributed by atoms with Crippen LogP contribution in [0.3, 0.4) is 0 Å². The molecule has 0 aromatic heterocycles. The standard InChI is InChI=1S/C8H14N2O6/c1-3-14-7(12)9-5-6(11)16-10-8(13)15-4-2/h3-5H2,1-2H3,(H,9,12)(H,10,13). The molecule has 0 unspecified atom stereocenters. The molecule has 0 atom stereocenters. The molecule has 0 fully saturated rings. The van der Waals surface area contributed by atoms with Gasteiger partial charge < -0.3 is 19.6 Å². The molecule has 0 bridgehead atoms. The summed E-state index contributed by atoms with van der Waals surface area (Å²) in [6.45, 7) is 3.17. The predicted octanol–water partition coefficient (Wildman–Crippen LogP) is -0.0632. The van der Waals surface area contributed by atoms with Crippen LogP contribution in [-0.2, 0) is 19.1 Å². The van der Waals surface area contributed by atoms with Gasteiger partial charge in [-0.2, -0.15) is 0 Å². The molecular weight excluding hydrogens is 220 g/mol. The fraction of sp³-hybridized carbons (Fsp3) is 0.625. The van der Waals surface area contributed by atoms with E-state index in [1.165, 1.54) is 0 Å². The molecule has 92 valence electrons. The van der Waals surface area contributed by atoms with E-state index >= 15 is 0 Å². The SMILES string of the molecule is CCOC(=O)NCC(=O)ONC(=O)OCC. The van der Waals surface area contributed by atoms with E-state index in [-0.39, 0.29) is 13.2 Å². The summed E-state index contributed by atoms with van der Waals surface area (Å²) in [5.41, 5.74) is 1.74. The molecule has 0 saturated carbocycles. The molecule has 2 amide bonds. The fourth-order valence-corrected chi connectivity index (χ4v) is 0.622. The minimum atomic E-state index is -0.882. The van der Waals surface area contributed by atoms with Gasteiger partial charge in [0.25, 0.3) is 0 Å². The highest BCUT2D eigenvalue weighted by molar-refractivity contribution is 5.78. The van der Waals surface area contributed by atoms with E-state index in [1.807, 2.05) is 0 Å². The Bertz CT molecular complexity index is 231. The van der Waals surface area contributed by atoms with Crippen molar-refractivity contribution in [1.29, 1.82) is 0 Å². The Balaban J connectivity index is 3.59. The maximum absolute atomic E-state index is 10.9. The number of alkyl carbamates (subject to hydrolysis) is 1. The number of amides is 2. The normalized spacial score (nSPS) is 8.88. The number of hydroxylamine groups is 1. The summed E-state index contributed by atoms with van der Waals surface area (Å²) < 4.78 is 8.90. The first-order valence-corrected chi connectivity index (χ1v) is 4.63. The van der Waals surface area contributed by atoms with Crippen molar-refractivity contribution in [2.24, 2.45) is 0 Å². The van der Waals surface area contributed by atoms with Crippen molar-refractivity contribution in [1.82, 2.24) is 10.8 Å². The van der Waals surface area contributed by atoms with Crippen molar-refractivity contribution in [3.63, 3.8) is 0 Å². The van der Waals surface area contributed by atoms with Gasteiger partial charge in [-0.05, 0) is 13.8 Å². The van der Waals surface area contributed by atoms with Gasteiger partial charge in [-0.15, -0.1) is 5.48 Å². The summed E-state index contributed by atoms with van der Waals surface area (Å²) in [6, 6.07) is 0. The smallest absolute Gasteiger partial charge is 0.440 e.